The Kier molecular flexibility index (Phi) is 11.2. The molecule has 3 heterocycles. The summed E-state index contributed by atoms with van der Waals surface area (Å²) in [5, 5.41) is 0.827. The highest BCUT2D eigenvalue weighted by Gasteiger charge is 2.51. The topological polar surface area (TPSA) is 70.0 Å². The molecule has 0 spiro atoms. The molecule has 1 saturated heterocycles. The minimum atomic E-state index is -0.256. The van der Waals surface area contributed by atoms with Crippen LogP contribution < -0.4 is 5.46 Å². The van der Waals surface area contributed by atoms with Crippen molar-refractivity contribution in [3.8, 4) is 22.5 Å². The first-order chi connectivity index (χ1) is 20.4. The molecule has 0 N–H and O–H groups in total. The molecule has 0 aliphatic carbocycles. The van der Waals surface area contributed by atoms with E-state index in [0.29, 0.717) is 0 Å². The Morgan fingerprint density at radius 1 is 0.512 bits per heavy atom. The van der Waals surface area contributed by atoms with E-state index in [-0.39, 0.29) is 39.2 Å². The first-order valence-corrected chi connectivity index (χ1v) is 14.9. The summed E-state index contributed by atoms with van der Waals surface area (Å²) in [6.45, 7) is 8.26. The van der Waals surface area contributed by atoms with Crippen molar-refractivity contribution >= 4 is 59.0 Å². The molecule has 3 aromatic carbocycles. The van der Waals surface area contributed by atoms with Crippen LogP contribution in [0, 0.1) is 0 Å². The molecule has 0 atom stereocenters. The monoisotopic (exact) mass is 652 g/mol. The molecule has 11 heteroatoms. The molecule has 0 amide bonds. The third-order valence-electron chi connectivity index (χ3n) is 6.80. The molecule has 0 unspecified atom stereocenters. The van der Waals surface area contributed by atoms with Gasteiger partial charge in [-0.25, -0.2) is 19.9 Å². The van der Waals surface area contributed by atoms with Gasteiger partial charge >= 0.3 is 7.12 Å². The van der Waals surface area contributed by atoms with Crippen molar-refractivity contribution in [3.63, 3.8) is 0 Å². The highest BCUT2D eigenvalue weighted by molar-refractivity contribution is 6.62. The van der Waals surface area contributed by atoms with Crippen LogP contribution in [0.15, 0.2) is 103 Å². The van der Waals surface area contributed by atoms with Crippen molar-refractivity contribution in [3.05, 3.63) is 124 Å². The lowest BCUT2D eigenvalue weighted by Gasteiger charge is -2.32. The first kappa shape index (κ1) is 32.9. The van der Waals surface area contributed by atoms with Crippen LogP contribution in [0.5, 0.6) is 0 Å². The SMILES string of the molecule is CC1(C)OB(c2ccccc2)OC1(C)C.Clc1cc(Cl)nc(Cl)n1.Clc1nc(-c2ccccc2)cc(-c2ccccc2)n1. The average Bonchev–Trinajstić information content (AvgIpc) is 3.20. The van der Waals surface area contributed by atoms with Gasteiger partial charge in [0.1, 0.15) is 10.3 Å². The molecule has 1 aliphatic heterocycles. The van der Waals surface area contributed by atoms with Gasteiger partial charge in [-0.2, -0.15) is 0 Å². The van der Waals surface area contributed by atoms with Crippen molar-refractivity contribution < 1.29 is 9.31 Å². The minimum absolute atomic E-state index is 0.0625. The summed E-state index contributed by atoms with van der Waals surface area (Å²) >= 11 is 22.2. The largest absolute Gasteiger partial charge is 0.494 e. The van der Waals surface area contributed by atoms with Crippen LogP contribution in [0.3, 0.4) is 0 Å². The van der Waals surface area contributed by atoms with Gasteiger partial charge in [-0.15, -0.1) is 0 Å². The summed E-state index contributed by atoms with van der Waals surface area (Å²) in [7, 11) is -0.240. The maximum atomic E-state index is 6.03. The van der Waals surface area contributed by atoms with Crippen molar-refractivity contribution in [1.29, 1.82) is 0 Å². The number of hydrogen-bond acceptors (Lipinski definition) is 6. The summed E-state index contributed by atoms with van der Waals surface area (Å²) in [6.07, 6.45) is 0. The van der Waals surface area contributed by atoms with E-state index in [0.717, 1.165) is 28.0 Å². The molecule has 0 saturated carbocycles. The average molecular weight is 654 g/mol. The standard InChI is InChI=1S/C16H11ClN2.C12H17BO2.C4HCl3N2/c17-16-18-14(12-7-3-1-4-8-12)11-15(19-16)13-9-5-2-6-10-13;1-11(2)12(3,4)15-13(14-11)10-8-6-5-7-9-10;5-2-1-3(6)9-4(7)8-2/h1-11H;5-9H,1-4H3;1H. The third-order valence-corrected chi connectivity index (χ3v) is 7.52. The smallest absolute Gasteiger partial charge is 0.399 e. The number of rotatable bonds is 3. The highest BCUT2D eigenvalue weighted by Crippen LogP contribution is 2.36. The maximum Gasteiger partial charge on any atom is 0.494 e. The zero-order chi connectivity index (χ0) is 31.0. The zero-order valence-electron chi connectivity index (χ0n) is 24.0. The van der Waals surface area contributed by atoms with Crippen LogP contribution in [0.25, 0.3) is 22.5 Å². The summed E-state index contributed by atoms with van der Waals surface area (Å²) < 4.78 is 11.9. The molecular weight excluding hydrogens is 625 g/mol. The van der Waals surface area contributed by atoms with Gasteiger partial charge in [-0.1, -0.05) is 114 Å². The van der Waals surface area contributed by atoms with Crippen molar-refractivity contribution in [2.75, 3.05) is 0 Å². The van der Waals surface area contributed by atoms with Gasteiger partial charge in [-0.05, 0) is 62.4 Å². The molecular formula is C32H29BCl4N4O2. The van der Waals surface area contributed by atoms with E-state index in [1.165, 1.54) is 6.07 Å². The fraction of sp³-hybridized carbons (Fsp3) is 0.188. The molecule has 5 aromatic rings. The minimum Gasteiger partial charge on any atom is -0.399 e. The first-order valence-electron chi connectivity index (χ1n) is 13.3. The van der Waals surface area contributed by atoms with Crippen LogP contribution in [-0.4, -0.2) is 38.3 Å². The zero-order valence-corrected chi connectivity index (χ0v) is 27.0. The van der Waals surface area contributed by atoms with Crippen LogP contribution >= 0.6 is 46.4 Å². The van der Waals surface area contributed by atoms with Gasteiger partial charge in [0.2, 0.25) is 10.6 Å². The molecule has 0 radical (unpaired) electrons. The summed E-state index contributed by atoms with van der Waals surface area (Å²) in [5.41, 5.74) is 4.30. The quantitative estimate of drug-likeness (QED) is 0.110. The highest BCUT2D eigenvalue weighted by atomic mass is 35.5. The number of nitrogens with zero attached hydrogens (tertiary/aromatic N) is 4. The Hall–Kier alpha value is -3.04. The van der Waals surface area contributed by atoms with E-state index in [1.54, 1.807) is 0 Å². The van der Waals surface area contributed by atoms with E-state index in [9.17, 15) is 0 Å². The molecule has 6 rings (SSSR count). The predicted octanol–water partition coefficient (Wildman–Crippen LogP) is 8.89. The Bertz CT molecular complexity index is 1510. The third kappa shape index (κ3) is 9.23. The van der Waals surface area contributed by atoms with E-state index in [1.807, 2.05) is 97.1 Å². The van der Waals surface area contributed by atoms with Crippen molar-refractivity contribution in [2.24, 2.45) is 0 Å². The molecule has 6 nitrogen and oxygen atoms in total. The molecule has 220 valence electrons. The number of aromatic nitrogens is 4. The van der Waals surface area contributed by atoms with Gasteiger partial charge in [0, 0.05) is 17.2 Å². The Morgan fingerprint density at radius 2 is 0.884 bits per heavy atom. The summed E-state index contributed by atoms with van der Waals surface area (Å²) in [5.74, 6) is 0. The molecule has 1 aliphatic rings. The van der Waals surface area contributed by atoms with Crippen LogP contribution in [0.2, 0.25) is 20.9 Å². The Balaban J connectivity index is 0.000000157. The maximum absolute atomic E-state index is 6.03. The fourth-order valence-electron chi connectivity index (χ4n) is 3.88. The second-order valence-electron chi connectivity index (χ2n) is 10.4. The van der Waals surface area contributed by atoms with Gasteiger partial charge in [-0.3, -0.25) is 0 Å². The normalized spacial score (nSPS) is 14.7. The lowest BCUT2D eigenvalue weighted by atomic mass is 9.79. The van der Waals surface area contributed by atoms with E-state index >= 15 is 0 Å². The van der Waals surface area contributed by atoms with Gasteiger partial charge in [0.05, 0.1) is 22.6 Å². The summed E-state index contributed by atoms with van der Waals surface area (Å²) in [4.78, 5) is 15.7. The molecule has 1 fully saturated rings. The van der Waals surface area contributed by atoms with Crippen LogP contribution in [-0.2, 0) is 9.31 Å². The van der Waals surface area contributed by atoms with E-state index in [2.05, 4.69) is 47.6 Å². The second-order valence-corrected chi connectivity index (χ2v) is 11.9. The van der Waals surface area contributed by atoms with Gasteiger partial charge in [0.15, 0.2) is 0 Å². The van der Waals surface area contributed by atoms with Crippen LogP contribution in [0.4, 0.5) is 0 Å². The number of benzene rings is 3. The van der Waals surface area contributed by atoms with Crippen LogP contribution in [0.1, 0.15) is 27.7 Å². The van der Waals surface area contributed by atoms with Crippen molar-refractivity contribution in [2.45, 2.75) is 38.9 Å². The number of halogens is 4. The Morgan fingerprint density at radius 3 is 1.28 bits per heavy atom. The van der Waals surface area contributed by atoms with E-state index < -0.39 is 0 Å². The van der Waals surface area contributed by atoms with E-state index in [4.69, 9.17) is 55.7 Å². The van der Waals surface area contributed by atoms with Crippen molar-refractivity contribution in [1.82, 2.24) is 19.9 Å². The number of hydrogen-bond donors (Lipinski definition) is 0. The summed E-state index contributed by atoms with van der Waals surface area (Å²) in [6, 6.07) is 33.3. The van der Waals surface area contributed by atoms with Gasteiger partial charge in [0.25, 0.3) is 0 Å². The lowest BCUT2D eigenvalue weighted by Crippen LogP contribution is -2.41. The lowest BCUT2D eigenvalue weighted by molar-refractivity contribution is 0.00578. The van der Waals surface area contributed by atoms with Gasteiger partial charge < -0.3 is 9.31 Å². The Labute approximate surface area is 272 Å². The second kappa shape index (κ2) is 14.6. The molecule has 0 bridgehead atoms. The molecule has 43 heavy (non-hydrogen) atoms. The fourth-order valence-corrected chi connectivity index (χ4v) is 4.76. The predicted molar refractivity (Wildman–Crippen MR) is 177 cm³/mol. The molecule has 2 aromatic heterocycles.